The third-order valence-electron chi connectivity index (χ3n) is 2.96. The predicted molar refractivity (Wildman–Crippen MR) is 62.7 cm³/mol. The van der Waals surface area contributed by atoms with Crippen molar-refractivity contribution in [2.45, 2.75) is 19.4 Å². The minimum Gasteiger partial charge on any atom is -0.320 e. The number of aromatic nitrogens is 3. The number of amides is 1. The van der Waals surface area contributed by atoms with E-state index in [1.807, 2.05) is 4.68 Å². The largest absolute Gasteiger partial charge is 0.320 e. The first kappa shape index (κ1) is 10.9. The van der Waals surface area contributed by atoms with Gasteiger partial charge in [-0.05, 0) is 25.0 Å². The van der Waals surface area contributed by atoms with Crippen LogP contribution in [-0.4, -0.2) is 20.7 Å². The first-order chi connectivity index (χ1) is 8.74. The van der Waals surface area contributed by atoms with E-state index in [2.05, 4.69) is 15.4 Å². The molecule has 0 aliphatic carbocycles. The molecular weight excluding hydrogens is 235 g/mol. The number of hydrogen-bond acceptors (Lipinski definition) is 3. The van der Waals surface area contributed by atoms with E-state index in [0.29, 0.717) is 11.3 Å². The third kappa shape index (κ3) is 1.85. The molecule has 2 aromatic heterocycles. The maximum atomic E-state index is 12.6. The first-order valence-corrected chi connectivity index (χ1v) is 5.71. The summed E-state index contributed by atoms with van der Waals surface area (Å²) in [6.45, 7) is 0.862. The van der Waals surface area contributed by atoms with Crippen LogP contribution in [0, 0.1) is 5.95 Å². The molecule has 0 bridgehead atoms. The van der Waals surface area contributed by atoms with Crippen LogP contribution in [0.1, 0.15) is 22.5 Å². The van der Waals surface area contributed by atoms with Gasteiger partial charge >= 0.3 is 0 Å². The number of rotatable bonds is 2. The summed E-state index contributed by atoms with van der Waals surface area (Å²) in [5, 5.41) is 6.83. The van der Waals surface area contributed by atoms with Crippen molar-refractivity contribution in [2.75, 3.05) is 5.32 Å². The Morgan fingerprint density at radius 3 is 3.06 bits per heavy atom. The number of nitrogens with one attached hydrogen (secondary N) is 1. The lowest BCUT2D eigenvalue weighted by Crippen LogP contribution is -2.13. The average Bonchev–Trinajstić information content (AvgIpc) is 2.93. The maximum absolute atomic E-state index is 12.6. The Hall–Kier alpha value is -2.24. The van der Waals surface area contributed by atoms with Gasteiger partial charge in [-0.25, -0.2) is 4.98 Å². The van der Waals surface area contributed by atoms with E-state index in [4.69, 9.17) is 0 Å². The highest BCUT2D eigenvalue weighted by atomic mass is 19.1. The van der Waals surface area contributed by atoms with Crippen LogP contribution in [0.15, 0.2) is 24.5 Å². The highest BCUT2D eigenvalue weighted by Crippen LogP contribution is 2.19. The Morgan fingerprint density at radius 1 is 1.39 bits per heavy atom. The molecule has 0 saturated heterocycles. The molecule has 1 amide bonds. The van der Waals surface area contributed by atoms with Crippen molar-refractivity contribution in [1.29, 1.82) is 0 Å². The molecule has 0 fully saturated rings. The molecular formula is C12H11FN4O. The molecule has 5 nitrogen and oxygen atoms in total. The lowest BCUT2D eigenvalue weighted by molar-refractivity contribution is 0.102. The number of nitrogens with zero attached hydrogens (tertiary/aromatic N) is 3. The molecule has 3 heterocycles. The van der Waals surface area contributed by atoms with Crippen LogP contribution >= 0.6 is 0 Å². The smallest absolute Gasteiger partial charge is 0.259 e. The second-order valence-electron chi connectivity index (χ2n) is 4.16. The SMILES string of the molecule is O=C(Nc1ccc(F)nc1)c1cnn2c1CCC2. The summed E-state index contributed by atoms with van der Waals surface area (Å²) in [6.07, 6.45) is 4.74. The molecule has 1 aliphatic rings. The highest BCUT2D eigenvalue weighted by Gasteiger charge is 2.20. The van der Waals surface area contributed by atoms with E-state index in [0.717, 1.165) is 25.1 Å². The molecule has 2 aromatic rings. The van der Waals surface area contributed by atoms with Crippen molar-refractivity contribution in [1.82, 2.24) is 14.8 Å². The van der Waals surface area contributed by atoms with Gasteiger partial charge in [0, 0.05) is 6.54 Å². The van der Waals surface area contributed by atoms with Crippen molar-refractivity contribution in [3.63, 3.8) is 0 Å². The minimum absolute atomic E-state index is 0.230. The van der Waals surface area contributed by atoms with Gasteiger partial charge in [0.15, 0.2) is 0 Å². The van der Waals surface area contributed by atoms with Gasteiger partial charge in [-0.1, -0.05) is 0 Å². The fraction of sp³-hybridized carbons (Fsp3) is 0.250. The lowest BCUT2D eigenvalue weighted by Gasteiger charge is -2.04. The number of carbonyl (C=O) groups is 1. The fourth-order valence-corrected chi connectivity index (χ4v) is 2.10. The molecule has 92 valence electrons. The van der Waals surface area contributed by atoms with E-state index in [1.54, 1.807) is 6.20 Å². The number of fused-ring (bicyclic) bond motifs is 1. The minimum atomic E-state index is -0.570. The average molecular weight is 246 g/mol. The topological polar surface area (TPSA) is 59.8 Å². The summed E-state index contributed by atoms with van der Waals surface area (Å²) in [5.74, 6) is -0.800. The van der Waals surface area contributed by atoms with Crippen LogP contribution in [0.25, 0.3) is 0 Å². The zero-order valence-electron chi connectivity index (χ0n) is 9.56. The standard InChI is InChI=1S/C12H11FN4O/c13-11-4-3-8(6-14-11)16-12(18)9-7-15-17-5-1-2-10(9)17/h3-4,6-7H,1-2,5H2,(H,16,18). The van der Waals surface area contributed by atoms with Crippen LogP contribution in [-0.2, 0) is 13.0 Å². The molecule has 0 aromatic carbocycles. The van der Waals surface area contributed by atoms with Gasteiger partial charge in [-0.15, -0.1) is 0 Å². The number of aryl methyl sites for hydroxylation is 1. The Bertz CT molecular complexity index is 591. The summed E-state index contributed by atoms with van der Waals surface area (Å²) in [6, 6.07) is 2.68. The second kappa shape index (κ2) is 4.21. The van der Waals surface area contributed by atoms with E-state index in [1.165, 1.54) is 18.3 Å². The van der Waals surface area contributed by atoms with Crippen molar-refractivity contribution in [2.24, 2.45) is 0 Å². The number of carbonyl (C=O) groups excluding carboxylic acids is 1. The van der Waals surface area contributed by atoms with Crippen molar-refractivity contribution >= 4 is 11.6 Å². The van der Waals surface area contributed by atoms with Gasteiger partial charge < -0.3 is 5.32 Å². The molecule has 3 rings (SSSR count). The molecule has 0 saturated carbocycles. The van der Waals surface area contributed by atoms with Crippen LogP contribution in [0.4, 0.5) is 10.1 Å². The number of halogens is 1. The molecule has 0 radical (unpaired) electrons. The lowest BCUT2D eigenvalue weighted by atomic mass is 10.2. The van der Waals surface area contributed by atoms with Crippen LogP contribution in [0.3, 0.4) is 0 Å². The zero-order chi connectivity index (χ0) is 12.5. The molecule has 6 heteroatoms. The van der Waals surface area contributed by atoms with Crippen molar-refractivity contribution < 1.29 is 9.18 Å². The van der Waals surface area contributed by atoms with E-state index < -0.39 is 5.95 Å². The van der Waals surface area contributed by atoms with Gasteiger partial charge in [0.1, 0.15) is 0 Å². The summed E-state index contributed by atoms with van der Waals surface area (Å²) in [4.78, 5) is 15.5. The van der Waals surface area contributed by atoms with Crippen LogP contribution < -0.4 is 5.32 Å². The van der Waals surface area contributed by atoms with Gasteiger partial charge in [-0.2, -0.15) is 9.49 Å². The van der Waals surface area contributed by atoms with E-state index in [-0.39, 0.29) is 5.91 Å². The van der Waals surface area contributed by atoms with Crippen LogP contribution in [0.2, 0.25) is 0 Å². The monoisotopic (exact) mass is 246 g/mol. The van der Waals surface area contributed by atoms with E-state index in [9.17, 15) is 9.18 Å². The molecule has 1 aliphatic heterocycles. The van der Waals surface area contributed by atoms with Crippen molar-refractivity contribution in [3.05, 3.63) is 41.7 Å². The van der Waals surface area contributed by atoms with E-state index >= 15 is 0 Å². The summed E-state index contributed by atoms with van der Waals surface area (Å²) in [5.41, 5.74) is 2.01. The summed E-state index contributed by atoms with van der Waals surface area (Å²) in [7, 11) is 0. The molecule has 0 atom stereocenters. The normalized spacial score (nSPS) is 13.4. The maximum Gasteiger partial charge on any atom is 0.259 e. The Labute approximate surface area is 103 Å². The summed E-state index contributed by atoms with van der Waals surface area (Å²) < 4.78 is 14.5. The summed E-state index contributed by atoms with van der Waals surface area (Å²) >= 11 is 0. The van der Waals surface area contributed by atoms with Gasteiger partial charge in [-0.3, -0.25) is 9.48 Å². The highest BCUT2D eigenvalue weighted by molar-refractivity contribution is 6.04. The molecule has 0 unspecified atom stereocenters. The van der Waals surface area contributed by atoms with Gasteiger partial charge in [0.25, 0.3) is 5.91 Å². The Morgan fingerprint density at radius 2 is 2.28 bits per heavy atom. The quantitative estimate of drug-likeness (QED) is 0.819. The third-order valence-corrected chi connectivity index (χ3v) is 2.96. The Balaban J connectivity index is 1.80. The fourth-order valence-electron chi connectivity index (χ4n) is 2.10. The van der Waals surface area contributed by atoms with Crippen LogP contribution in [0.5, 0.6) is 0 Å². The molecule has 18 heavy (non-hydrogen) atoms. The van der Waals surface area contributed by atoms with Crippen molar-refractivity contribution in [3.8, 4) is 0 Å². The number of pyridine rings is 1. The predicted octanol–water partition coefficient (Wildman–Crippen LogP) is 1.62. The molecule has 1 N–H and O–H groups in total. The van der Waals surface area contributed by atoms with Gasteiger partial charge in [0.2, 0.25) is 5.95 Å². The second-order valence-corrected chi connectivity index (χ2v) is 4.16. The first-order valence-electron chi connectivity index (χ1n) is 5.71. The Kier molecular flexibility index (Phi) is 2.55. The van der Waals surface area contributed by atoms with Gasteiger partial charge in [0.05, 0.1) is 29.3 Å². The zero-order valence-corrected chi connectivity index (χ0v) is 9.56. The number of hydrogen-bond donors (Lipinski definition) is 1. The number of anilines is 1. The molecule has 0 spiro atoms.